The van der Waals surface area contributed by atoms with Crippen LogP contribution in [0, 0.1) is 13.8 Å². The molecule has 4 aromatic carbocycles. The Morgan fingerprint density at radius 1 is 0.930 bits per heavy atom. The summed E-state index contributed by atoms with van der Waals surface area (Å²) in [6.45, 7) is 5.79. The van der Waals surface area contributed by atoms with E-state index in [9.17, 15) is 9.59 Å². The molecule has 1 aromatic heterocycles. The van der Waals surface area contributed by atoms with E-state index in [1.807, 2.05) is 106 Å². The summed E-state index contributed by atoms with van der Waals surface area (Å²) in [7, 11) is 3.25. The van der Waals surface area contributed by atoms with Gasteiger partial charge in [0.2, 0.25) is 0 Å². The molecule has 1 aliphatic heterocycles. The van der Waals surface area contributed by atoms with Crippen molar-refractivity contribution in [2.75, 3.05) is 19.5 Å². The molecule has 0 unspecified atom stereocenters. The van der Waals surface area contributed by atoms with Gasteiger partial charge >= 0.3 is 0 Å². The van der Waals surface area contributed by atoms with Gasteiger partial charge in [-0.1, -0.05) is 71.5 Å². The van der Waals surface area contributed by atoms with E-state index in [1.165, 1.54) is 11.3 Å². The van der Waals surface area contributed by atoms with Crippen molar-refractivity contribution in [3.8, 4) is 11.5 Å². The zero-order valence-corrected chi connectivity index (χ0v) is 25.4. The summed E-state index contributed by atoms with van der Waals surface area (Å²) in [5.41, 5.74) is 5.22. The largest absolute Gasteiger partial charge is 0.497 e. The average molecular weight is 590 g/mol. The van der Waals surface area contributed by atoms with Gasteiger partial charge in [-0.15, -0.1) is 0 Å². The first-order valence-electron chi connectivity index (χ1n) is 13.9. The molecule has 0 fully saturated rings. The molecule has 0 saturated carbocycles. The van der Waals surface area contributed by atoms with Crippen LogP contribution in [0.3, 0.4) is 0 Å². The number of ether oxygens (including phenoxy) is 2. The first-order chi connectivity index (χ1) is 20.8. The van der Waals surface area contributed by atoms with Crippen LogP contribution in [0.25, 0.3) is 16.8 Å². The molecular weight excluding hydrogens is 558 g/mol. The molecule has 6 rings (SSSR count). The third-order valence-electron chi connectivity index (χ3n) is 7.75. The summed E-state index contributed by atoms with van der Waals surface area (Å²) in [5, 5.41) is 5.01. The van der Waals surface area contributed by atoms with Crippen molar-refractivity contribution >= 4 is 39.8 Å². The number of benzene rings is 4. The molecule has 5 aromatic rings. The van der Waals surface area contributed by atoms with Gasteiger partial charge in [0.1, 0.15) is 11.5 Å². The van der Waals surface area contributed by atoms with E-state index < -0.39 is 6.04 Å². The van der Waals surface area contributed by atoms with Crippen LogP contribution in [0.15, 0.2) is 99.9 Å². The van der Waals surface area contributed by atoms with Crippen molar-refractivity contribution in [2.24, 2.45) is 4.99 Å². The Kier molecular flexibility index (Phi) is 7.46. The van der Waals surface area contributed by atoms with Crippen molar-refractivity contribution in [1.29, 1.82) is 0 Å². The van der Waals surface area contributed by atoms with Crippen LogP contribution >= 0.6 is 11.3 Å². The summed E-state index contributed by atoms with van der Waals surface area (Å²) in [6, 6.07) is 24.5. The second-order valence-corrected chi connectivity index (χ2v) is 11.5. The normalized spacial score (nSPS) is 14.8. The maximum absolute atomic E-state index is 14.2. The van der Waals surface area contributed by atoms with E-state index in [4.69, 9.17) is 14.5 Å². The first kappa shape index (κ1) is 28.2. The topological polar surface area (TPSA) is 81.9 Å². The van der Waals surface area contributed by atoms with Gasteiger partial charge in [0.05, 0.1) is 36.1 Å². The summed E-state index contributed by atoms with van der Waals surface area (Å²) < 4.78 is 13.1. The molecule has 2 heterocycles. The maximum Gasteiger partial charge on any atom is 0.271 e. The lowest BCUT2D eigenvalue weighted by Gasteiger charge is -2.25. The van der Waals surface area contributed by atoms with Crippen LogP contribution in [-0.2, 0) is 4.79 Å². The second-order valence-electron chi connectivity index (χ2n) is 10.5. The standard InChI is InChI=1S/C35H31N3O4S/c1-20-10-16-28(21(2)18-20)37-33(39)31-22(3)36-35-38(32(31)23-11-14-25(41-4)15-12-23)34(40)30(43-35)19-24-13-17-29(42-5)27-9-7-6-8-26(24)27/h6-19,32H,1-5H3,(H,37,39)/b30-19+/t32-/m0/s1. The highest BCUT2D eigenvalue weighted by molar-refractivity contribution is 7.07. The number of anilines is 1. The smallest absolute Gasteiger partial charge is 0.271 e. The minimum atomic E-state index is -0.678. The summed E-state index contributed by atoms with van der Waals surface area (Å²) in [6.07, 6.45) is 1.89. The molecule has 0 bridgehead atoms. The third-order valence-corrected chi connectivity index (χ3v) is 8.74. The molecule has 1 N–H and O–H groups in total. The lowest BCUT2D eigenvalue weighted by atomic mass is 9.95. The number of thiazole rings is 1. The Bertz CT molecular complexity index is 2110. The Morgan fingerprint density at radius 2 is 1.67 bits per heavy atom. The molecule has 7 nitrogen and oxygen atoms in total. The Balaban J connectivity index is 1.52. The van der Waals surface area contributed by atoms with E-state index in [2.05, 4.69) is 5.32 Å². The summed E-state index contributed by atoms with van der Waals surface area (Å²) in [5.74, 6) is 1.15. The summed E-state index contributed by atoms with van der Waals surface area (Å²) in [4.78, 5) is 33.5. The number of carbonyl (C=O) groups excluding carboxylic acids is 1. The van der Waals surface area contributed by atoms with Crippen molar-refractivity contribution in [3.63, 3.8) is 0 Å². The van der Waals surface area contributed by atoms with Crippen LogP contribution in [0.5, 0.6) is 11.5 Å². The first-order valence-corrected chi connectivity index (χ1v) is 14.7. The Morgan fingerprint density at radius 3 is 2.37 bits per heavy atom. The monoisotopic (exact) mass is 589 g/mol. The van der Waals surface area contributed by atoms with Crippen LogP contribution in [0.2, 0.25) is 0 Å². The van der Waals surface area contributed by atoms with E-state index in [1.54, 1.807) is 18.8 Å². The number of methoxy groups -OCH3 is 2. The van der Waals surface area contributed by atoms with Crippen LogP contribution in [0.1, 0.15) is 35.2 Å². The third kappa shape index (κ3) is 5.15. The molecule has 1 atom stereocenters. The van der Waals surface area contributed by atoms with Gasteiger partial charge in [-0.25, -0.2) is 4.99 Å². The Hall–Kier alpha value is -4.95. The number of amides is 1. The minimum Gasteiger partial charge on any atom is -0.497 e. The number of nitrogens with one attached hydrogen (secondary N) is 1. The van der Waals surface area contributed by atoms with Gasteiger partial charge in [-0.2, -0.15) is 0 Å². The molecule has 43 heavy (non-hydrogen) atoms. The van der Waals surface area contributed by atoms with E-state index in [-0.39, 0.29) is 11.5 Å². The zero-order valence-electron chi connectivity index (χ0n) is 24.6. The maximum atomic E-state index is 14.2. The number of hydrogen-bond donors (Lipinski definition) is 1. The minimum absolute atomic E-state index is 0.214. The van der Waals surface area contributed by atoms with E-state index in [0.29, 0.717) is 32.0 Å². The van der Waals surface area contributed by atoms with Gasteiger partial charge in [0.25, 0.3) is 11.5 Å². The molecule has 1 aliphatic rings. The predicted octanol–water partition coefficient (Wildman–Crippen LogP) is 5.66. The molecule has 8 heteroatoms. The molecule has 0 radical (unpaired) electrons. The highest BCUT2D eigenvalue weighted by Crippen LogP contribution is 2.33. The number of carbonyl (C=O) groups is 1. The quantitative estimate of drug-likeness (QED) is 0.277. The van der Waals surface area contributed by atoms with E-state index >= 15 is 0 Å². The van der Waals surface area contributed by atoms with Crippen molar-refractivity contribution in [2.45, 2.75) is 26.8 Å². The van der Waals surface area contributed by atoms with Crippen molar-refractivity contribution < 1.29 is 14.3 Å². The van der Waals surface area contributed by atoms with Gasteiger partial charge in [-0.05, 0) is 73.2 Å². The van der Waals surface area contributed by atoms with Crippen LogP contribution < -0.4 is 29.7 Å². The number of allylic oxidation sites excluding steroid dienone is 1. The predicted molar refractivity (Wildman–Crippen MR) is 172 cm³/mol. The fraction of sp³-hybridized carbons (Fsp3) is 0.171. The fourth-order valence-corrected chi connectivity index (χ4v) is 6.63. The number of aryl methyl sites for hydroxylation is 2. The van der Waals surface area contributed by atoms with E-state index in [0.717, 1.165) is 38.8 Å². The lowest BCUT2D eigenvalue weighted by Crippen LogP contribution is -2.40. The number of hydrogen-bond acceptors (Lipinski definition) is 6. The molecule has 1 amide bonds. The van der Waals surface area contributed by atoms with Gasteiger partial charge < -0.3 is 14.8 Å². The number of fused-ring (bicyclic) bond motifs is 2. The SMILES string of the molecule is COc1ccc([C@H]2C(C(=O)Nc3ccc(C)cc3C)=C(C)N=c3s/c(=C/c4ccc(OC)c5ccccc45)c(=O)n32)cc1. The molecule has 0 aliphatic carbocycles. The van der Waals surface area contributed by atoms with Gasteiger partial charge in [-0.3, -0.25) is 14.2 Å². The highest BCUT2D eigenvalue weighted by Gasteiger charge is 2.32. The molecule has 216 valence electrons. The second kappa shape index (κ2) is 11.4. The number of aromatic nitrogens is 1. The van der Waals surface area contributed by atoms with Crippen LogP contribution in [0.4, 0.5) is 5.69 Å². The van der Waals surface area contributed by atoms with Crippen molar-refractivity contribution in [3.05, 3.63) is 132 Å². The number of nitrogens with zero attached hydrogens (tertiary/aromatic N) is 2. The molecular formula is C35H31N3O4S. The molecule has 0 saturated heterocycles. The van der Waals surface area contributed by atoms with Crippen LogP contribution in [-0.4, -0.2) is 24.7 Å². The Labute approximate surface area is 253 Å². The van der Waals surface area contributed by atoms with Gasteiger partial charge in [0, 0.05) is 11.1 Å². The summed E-state index contributed by atoms with van der Waals surface area (Å²) >= 11 is 1.31. The van der Waals surface area contributed by atoms with Crippen molar-refractivity contribution in [1.82, 2.24) is 4.57 Å². The van der Waals surface area contributed by atoms with Gasteiger partial charge in [0.15, 0.2) is 4.80 Å². The molecule has 0 spiro atoms. The lowest BCUT2D eigenvalue weighted by molar-refractivity contribution is -0.113. The number of rotatable bonds is 6. The zero-order chi connectivity index (χ0) is 30.2. The average Bonchev–Trinajstić information content (AvgIpc) is 3.31. The fourth-order valence-electron chi connectivity index (χ4n) is 5.60. The highest BCUT2D eigenvalue weighted by atomic mass is 32.1.